The van der Waals surface area contributed by atoms with E-state index in [4.69, 9.17) is 5.11 Å². The minimum atomic E-state index is -4.50. The van der Waals surface area contributed by atoms with Gasteiger partial charge in [-0.15, -0.1) is 0 Å². The van der Waals surface area contributed by atoms with Gasteiger partial charge in [-0.05, 0) is 30.7 Å². The van der Waals surface area contributed by atoms with Crippen LogP contribution in [0.3, 0.4) is 0 Å². The van der Waals surface area contributed by atoms with Gasteiger partial charge >= 0.3 is 12.1 Å². The molecule has 1 aromatic rings. The Labute approximate surface area is 78.0 Å². The highest BCUT2D eigenvalue weighted by molar-refractivity contribution is 5.88. The van der Waals surface area contributed by atoms with E-state index < -0.39 is 17.7 Å². The second kappa shape index (κ2) is 3.32. The van der Waals surface area contributed by atoms with Gasteiger partial charge in [0.15, 0.2) is 0 Å². The molecule has 0 saturated heterocycles. The second-order valence-electron chi connectivity index (χ2n) is 2.89. The molecule has 1 rings (SSSR count). The Morgan fingerprint density at radius 2 is 1.86 bits per heavy atom. The van der Waals surface area contributed by atoms with E-state index >= 15 is 0 Å². The van der Waals surface area contributed by atoms with Crippen molar-refractivity contribution in [3.8, 4) is 0 Å². The van der Waals surface area contributed by atoms with E-state index in [9.17, 15) is 18.0 Å². The summed E-state index contributed by atoms with van der Waals surface area (Å²) in [6.45, 7) is 1.42. The number of benzene rings is 1. The van der Waals surface area contributed by atoms with Crippen molar-refractivity contribution in [3.05, 3.63) is 34.9 Å². The van der Waals surface area contributed by atoms with Gasteiger partial charge in [0.25, 0.3) is 0 Å². The lowest BCUT2D eigenvalue weighted by molar-refractivity contribution is -0.137. The normalized spacial score (nSPS) is 11.4. The molecule has 76 valence electrons. The summed E-state index contributed by atoms with van der Waals surface area (Å²) in [5.74, 6) is -1.36. The number of rotatable bonds is 1. The lowest BCUT2D eigenvalue weighted by Crippen LogP contribution is -2.08. The minimum Gasteiger partial charge on any atom is -0.478 e. The summed E-state index contributed by atoms with van der Waals surface area (Å²) >= 11 is 0. The maximum absolute atomic E-state index is 12.2. The first-order chi connectivity index (χ1) is 6.30. The molecule has 0 atom stereocenters. The SMILES string of the molecule is Cc1cc(C(=O)O)cc(C(F)(F)F)c1. The highest BCUT2D eigenvalue weighted by Crippen LogP contribution is 2.30. The Balaban J connectivity index is 3.28. The van der Waals surface area contributed by atoms with E-state index in [1.54, 1.807) is 0 Å². The third-order valence-corrected chi connectivity index (χ3v) is 1.65. The number of halogens is 3. The van der Waals surface area contributed by atoms with Gasteiger partial charge in [0, 0.05) is 0 Å². The smallest absolute Gasteiger partial charge is 0.416 e. The van der Waals surface area contributed by atoms with E-state index in [0.717, 1.165) is 6.07 Å². The van der Waals surface area contributed by atoms with Gasteiger partial charge < -0.3 is 5.11 Å². The van der Waals surface area contributed by atoms with E-state index in [2.05, 4.69) is 0 Å². The molecule has 0 radical (unpaired) electrons. The van der Waals surface area contributed by atoms with Crippen molar-refractivity contribution in [2.24, 2.45) is 0 Å². The molecule has 0 saturated carbocycles. The maximum Gasteiger partial charge on any atom is 0.416 e. The van der Waals surface area contributed by atoms with Crippen LogP contribution in [0.1, 0.15) is 21.5 Å². The van der Waals surface area contributed by atoms with Crippen LogP contribution in [0.4, 0.5) is 13.2 Å². The lowest BCUT2D eigenvalue weighted by atomic mass is 10.1. The van der Waals surface area contributed by atoms with Gasteiger partial charge in [0.1, 0.15) is 0 Å². The molecule has 0 bridgehead atoms. The largest absolute Gasteiger partial charge is 0.478 e. The molecule has 2 nitrogen and oxygen atoms in total. The molecule has 1 N–H and O–H groups in total. The van der Waals surface area contributed by atoms with Gasteiger partial charge in [-0.1, -0.05) is 0 Å². The number of alkyl halides is 3. The van der Waals surface area contributed by atoms with Crippen LogP contribution in [-0.4, -0.2) is 11.1 Å². The van der Waals surface area contributed by atoms with Crippen molar-refractivity contribution in [2.45, 2.75) is 13.1 Å². The van der Waals surface area contributed by atoms with Crippen molar-refractivity contribution in [1.29, 1.82) is 0 Å². The number of carboxylic acids is 1. The number of aryl methyl sites for hydroxylation is 1. The highest BCUT2D eigenvalue weighted by atomic mass is 19.4. The van der Waals surface area contributed by atoms with Gasteiger partial charge in [0.05, 0.1) is 11.1 Å². The molecule has 0 fully saturated rings. The van der Waals surface area contributed by atoms with Gasteiger partial charge in [-0.3, -0.25) is 0 Å². The van der Waals surface area contributed by atoms with Crippen molar-refractivity contribution in [3.63, 3.8) is 0 Å². The summed E-state index contributed by atoms with van der Waals surface area (Å²) < 4.78 is 36.7. The lowest BCUT2D eigenvalue weighted by Gasteiger charge is -2.08. The number of carboxylic acid groups (broad SMARTS) is 1. The number of hydrogen-bond donors (Lipinski definition) is 1. The van der Waals surface area contributed by atoms with E-state index in [1.165, 1.54) is 13.0 Å². The van der Waals surface area contributed by atoms with Crippen LogP contribution in [0.5, 0.6) is 0 Å². The van der Waals surface area contributed by atoms with Crippen molar-refractivity contribution in [2.75, 3.05) is 0 Å². The summed E-state index contributed by atoms with van der Waals surface area (Å²) in [5, 5.41) is 8.53. The molecule has 0 amide bonds. The summed E-state index contributed by atoms with van der Waals surface area (Å²) in [4.78, 5) is 10.5. The molecule has 0 aromatic heterocycles. The fourth-order valence-electron chi connectivity index (χ4n) is 1.07. The van der Waals surface area contributed by atoms with Crippen molar-refractivity contribution >= 4 is 5.97 Å². The average Bonchev–Trinajstić information content (AvgIpc) is 2.01. The number of hydrogen-bond acceptors (Lipinski definition) is 1. The molecule has 0 aliphatic heterocycles. The van der Waals surface area contributed by atoms with E-state index in [-0.39, 0.29) is 11.1 Å². The molecule has 1 aromatic carbocycles. The Kier molecular flexibility index (Phi) is 2.51. The van der Waals surface area contributed by atoms with Crippen LogP contribution in [0.2, 0.25) is 0 Å². The molecule has 0 aliphatic rings. The van der Waals surface area contributed by atoms with Crippen LogP contribution < -0.4 is 0 Å². The second-order valence-corrected chi connectivity index (χ2v) is 2.89. The monoisotopic (exact) mass is 204 g/mol. The molecule has 0 aliphatic carbocycles. The van der Waals surface area contributed by atoms with Crippen molar-refractivity contribution < 1.29 is 23.1 Å². The zero-order chi connectivity index (χ0) is 10.9. The third kappa shape index (κ3) is 2.25. The molecule has 5 heteroatoms. The van der Waals surface area contributed by atoms with E-state index in [0.29, 0.717) is 6.07 Å². The number of carbonyl (C=O) groups is 1. The first kappa shape index (κ1) is 10.6. The summed E-state index contributed by atoms with van der Waals surface area (Å²) in [5.41, 5.74) is -1.01. The molecule has 0 heterocycles. The highest BCUT2D eigenvalue weighted by Gasteiger charge is 2.31. The fraction of sp³-hybridized carbons (Fsp3) is 0.222. The quantitative estimate of drug-likeness (QED) is 0.763. The molecule has 0 unspecified atom stereocenters. The number of aromatic carboxylic acids is 1. The topological polar surface area (TPSA) is 37.3 Å². The minimum absolute atomic E-state index is 0.275. The van der Waals surface area contributed by atoms with Crippen LogP contribution >= 0.6 is 0 Å². The standard InChI is InChI=1S/C9H7F3O2/c1-5-2-6(8(13)14)4-7(3-5)9(10,11)12/h2-4H,1H3,(H,13,14). The van der Waals surface area contributed by atoms with Crippen LogP contribution in [-0.2, 0) is 6.18 Å². The third-order valence-electron chi connectivity index (χ3n) is 1.65. The molecule has 0 spiro atoms. The molecular formula is C9H7F3O2. The van der Waals surface area contributed by atoms with Crippen LogP contribution in [0.15, 0.2) is 18.2 Å². The molecular weight excluding hydrogens is 197 g/mol. The summed E-state index contributed by atoms with van der Waals surface area (Å²) in [6.07, 6.45) is -4.50. The maximum atomic E-state index is 12.2. The average molecular weight is 204 g/mol. The van der Waals surface area contributed by atoms with Crippen LogP contribution in [0.25, 0.3) is 0 Å². The van der Waals surface area contributed by atoms with Gasteiger partial charge in [-0.25, -0.2) is 4.79 Å². The zero-order valence-electron chi connectivity index (χ0n) is 7.22. The zero-order valence-corrected chi connectivity index (χ0v) is 7.22. The van der Waals surface area contributed by atoms with Crippen molar-refractivity contribution in [1.82, 2.24) is 0 Å². The van der Waals surface area contributed by atoms with Gasteiger partial charge in [-0.2, -0.15) is 13.2 Å². The Hall–Kier alpha value is -1.52. The van der Waals surface area contributed by atoms with E-state index in [1.807, 2.05) is 0 Å². The predicted molar refractivity (Wildman–Crippen MR) is 43.1 cm³/mol. The summed E-state index contributed by atoms with van der Waals surface area (Å²) in [7, 11) is 0. The first-order valence-electron chi connectivity index (χ1n) is 3.73. The fourth-order valence-corrected chi connectivity index (χ4v) is 1.07. The summed E-state index contributed by atoms with van der Waals surface area (Å²) in [6, 6.07) is 2.72. The first-order valence-corrected chi connectivity index (χ1v) is 3.73. The Morgan fingerprint density at radius 1 is 1.29 bits per heavy atom. The molecule has 14 heavy (non-hydrogen) atoms. The Bertz CT molecular complexity index is 369. The van der Waals surface area contributed by atoms with Gasteiger partial charge in [0.2, 0.25) is 0 Å². The van der Waals surface area contributed by atoms with Crippen LogP contribution in [0, 0.1) is 6.92 Å². The predicted octanol–water partition coefficient (Wildman–Crippen LogP) is 2.71. The Morgan fingerprint density at radius 3 is 2.29 bits per heavy atom.